The van der Waals surface area contributed by atoms with Crippen molar-refractivity contribution < 1.29 is 0 Å². The zero-order valence-corrected chi connectivity index (χ0v) is 21.1. The molecule has 0 atom stereocenters. The Labute approximate surface area is 222 Å². The van der Waals surface area contributed by atoms with Crippen molar-refractivity contribution in [1.82, 2.24) is 19.5 Å². The minimum atomic E-state index is 1.01. The van der Waals surface area contributed by atoms with Crippen molar-refractivity contribution >= 4 is 53.4 Å². The Hall–Kier alpha value is -4.87. The number of fused-ring (bicyclic) bond motifs is 6. The first-order chi connectivity index (χ1) is 18.8. The average molecular weight is 505 g/mol. The number of benzene rings is 3. The number of pyridine rings is 3. The van der Waals surface area contributed by atoms with Crippen molar-refractivity contribution in [2.45, 2.75) is 0 Å². The lowest BCUT2D eigenvalue weighted by molar-refractivity contribution is 1.18. The highest BCUT2D eigenvalue weighted by atomic mass is 32.1. The smallest absolute Gasteiger partial charge is 0.0963 e. The Kier molecular flexibility index (Phi) is 4.66. The molecule has 0 saturated heterocycles. The molecule has 8 aromatic rings. The Morgan fingerprint density at radius 1 is 0.526 bits per heavy atom. The van der Waals surface area contributed by atoms with Crippen molar-refractivity contribution in [1.29, 1.82) is 0 Å². The Morgan fingerprint density at radius 2 is 1.26 bits per heavy atom. The molecule has 3 aromatic carbocycles. The van der Waals surface area contributed by atoms with Crippen LogP contribution in [0.15, 0.2) is 122 Å². The van der Waals surface area contributed by atoms with Crippen LogP contribution in [-0.2, 0) is 0 Å². The summed E-state index contributed by atoms with van der Waals surface area (Å²) in [7, 11) is 0. The third-order valence-corrected chi connectivity index (χ3v) is 8.32. The number of rotatable bonds is 3. The quantitative estimate of drug-likeness (QED) is 0.242. The van der Waals surface area contributed by atoms with E-state index >= 15 is 0 Å². The zero-order chi connectivity index (χ0) is 25.1. The number of thiophene rings is 1. The van der Waals surface area contributed by atoms with Gasteiger partial charge in [-0.25, -0.2) is 0 Å². The van der Waals surface area contributed by atoms with E-state index in [4.69, 9.17) is 4.98 Å². The molecule has 5 heteroatoms. The van der Waals surface area contributed by atoms with E-state index in [1.807, 2.05) is 60.5 Å². The van der Waals surface area contributed by atoms with Gasteiger partial charge in [0, 0.05) is 73.4 Å². The summed E-state index contributed by atoms with van der Waals surface area (Å²) in [6.07, 6.45) is 9.34. The van der Waals surface area contributed by atoms with Crippen molar-refractivity contribution in [3.63, 3.8) is 0 Å². The first-order valence-corrected chi connectivity index (χ1v) is 13.3. The van der Waals surface area contributed by atoms with Gasteiger partial charge in [-0.15, -0.1) is 11.3 Å². The minimum Gasteiger partial charge on any atom is -0.308 e. The van der Waals surface area contributed by atoms with Gasteiger partial charge in [0.15, 0.2) is 0 Å². The molecule has 0 fully saturated rings. The summed E-state index contributed by atoms with van der Waals surface area (Å²) in [6.45, 7) is 0. The van der Waals surface area contributed by atoms with E-state index in [9.17, 15) is 0 Å². The highest BCUT2D eigenvalue weighted by Gasteiger charge is 2.17. The molecule has 0 aliphatic heterocycles. The van der Waals surface area contributed by atoms with E-state index in [2.05, 4.69) is 87.3 Å². The molecule has 0 bridgehead atoms. The van der Waals surface area contributed by atoms with Crippen molar-refractivity contribution in [2.75, 3.05) is 0 Å². The van der Waals surface area contributed by atoms with Gasteiger partial charge < -0.3 is 4.57 Å². The lowest BCUT2D eigenvalue weighted by Gasteiger charge is -2.13. The summed E-state index contributed by atoms with van der Waals surface area (Å²) < 4.78 is 4.93. The van der Waals surface area contributed by atoms with E-state index < -0.39 is 0 Å². The van der Waals surface area contributed by atoms with Crippen LogP contribution in [0.1, 0.15) is 0 Å². The summed E-state index contributed by atoms with van der Waals surface area (Å²) in [5, 5.41) is 3.73. The third-order valence-electron chi connectivity index (χ3n) is 7.18. The predicted molar refractivity (Wildman–Crippen MR) is 158 cm³/mol. The fourth-order valence-corrected chi connectivity index (χ4v) is 6.59. The van der Waals surface area contributed by atoms with Gasteiger partial charge in [-0.05, 0) is 71.8 Å². The van der Waals surface area contributed by atoms with Gasteiger partial charge in [0.25, 0.3) is 0 Å². The second-order valence-corrected chi connectivity index (χ2v) is 10.5. The first kappa shape index (κ1) is 21.2. The summed E-state index contributed by atoms with van der Waals surface area (Å²) in [4.78, 5) is 13.6. The number of hydrogen-bond acceptors (Lipinski definition) is 4. The summed E-state index contributed by atoms with van der Waals surface area (Å²) in [5.74, 6) is 0. The molecule has 5 heterocycles. The number of hydrogen-bond donors (Lipinski definition) is 0. The van der Waals surface area contributed by atoms with E-state index in [1.165, 1.54) is 20.2 Å². The molecule has 0 unspecified atom stereocenters. The maximum absolute atomic E-state index is 4.85. The van der Waals surface area contributed by atoms with Crippen LogP contribution < -0.4 is 0 Å². The van der Waals surface area contributed by atoms with Crippen molar-refractivity contribution in [3.05, 3.63) is 122 Å². The lowest BCUT2D eigenvalue weighted by atomic mass is 9.99. The van der Waals surface area contributed by atoms with Gasteiger partial charge in [-0.1, -0.05) is 30.3 Å². The molecule has 4 nitrogen and oxygen atoms in total. The standard InChI is InChI=1S/C33H20N4S/c1-2-10-31-26(8-1)27-17-28-30(18-32(27)38-31)37(29-9-5-13-36-33(28)29)25-15-23(21-6-3-11-34-19-21)14-24(16-25)22-7-4-12-35-20-22/h1-20H. The Morgan fingerprint density at radius 3 is 2.00 bits per heavy atom. The van der Waals surface area contributed by atoms with Crippen LogP contribution >= 0.6 is 11.3 Å². The second-order valence-electron chi connectivity index (χ2n) is 9.42. The Balaban J connectivity index is 1.48. The average Bonchev–Trinajstić information content (AvgIpc) is 3.51. The van der Waals surface area contributed by atoms with Gasteiger partial charge in [0.05, 0.1) is 16.6 Å². The lowest BCUT2D eigenvalue weighted by Crippen LogP contribution is -1.96. The molecule has 0 spiro atoms. The SMILES string of the molecule is c1cncc(-c2cc(-c3cccnc3)cc(-n3c4cc5sc6ccccc6c5cc4c4ncccc43)c2)c1. The van der Waals surface area contributed by atoms with E-state index in [0.29, 0.717) is 0 Å². The third kappa shape index (κ3) is 3.26. The predicted octanol–water partition coefficient (Wildman–Crippen LogP) is 8.67. The number of nitrogens with zero attached hydrogens (tertiary/aromatic N) is 4. The van der Waals surface area contributed by atoms with E-state index in [-0.39, 0.29) is 0 Å². The monoisotopic (exact) mass is 504 g/mol. The molecule has 0 amide bonds. The van der Waals surface area contributed by atoms with Gasteiger partial charge in [0.2, 0.25) is 0 Å². The van der Waals surface area contributed by atoms with Crippen LogP contribution in [0, 0.1) is 0 Å². The van der Waals surface area contributed by atoms with Crippen LogP contribution in [0.3, 0.4) is 0 Å². The molecular formula is C33H20N4S. The topological polar surface area (TPSA) is 43.6 Å². The Bertz CT molecular complexity index is 2070. The zero-order valence-electron chi connectivity index (χ0n) is 20.2. The highest BCUT2D eigenvalue weighted by Crippen LogP contribution is 2.41. The number of aromatic nitrogens is 4. The molecule has 0 N–H and O–H groups in total. The fourth-order valence-electron chi connectivity index (χ4n) is 5.47. The van der Waals surface area contributed by atoms with Crippen LogP contribution in [0.2, 0.25) is 0 Å². The molecular weight excluding hydrogens is 484 g/mol. The minimum absolute atomic E-state index is 1.01. The molecule has 0 aliphatic rings. The highest BCUT2D eigenvalue weighted by molar-refractivity contribution is 7.25. The van der Waals surface area contributed by atoms with Gasteiger partial charge in [0.1, 0.15) is 0 Å². The molecule has 0 saturated carbocycles. The van der Waals surface area contributed by atoms with Gasteiger partial charge in [-0.2, -0.15) is 0 Å². The van der Waals surface area contributed by atoms with Crippen LogP contribution in [-0.4, -0.2) is 19.5 Å². The summed E-state index contributed by atoms with van der Waals surface area (Å²) in [5.41, 5.74) is 8.69. The molecule has 0 radical (unpaired) electrons. The van der Waals surface area contributed by atoms with E-state index in [0.717, 1.165) is 49.9 Å². The molecule has 8 rings (SSSR count). The van der Waals surface area contributed by atoms with Crippen LogP contribution in [0.25, 0.3) is 70.0 Å². The normalized spacial score (nSPS) is 11.7. The summed E-state index contributed by atoms with van der Waals surface area (Å²) >= 11 is 1.84. The van der Waals surface area contributed by atoms with Crippen LogP contribution in [0.5, 0.6) is 0 Å². The van der Waals surface area contributed by atoms with Gasteiger partial charge >= 0.3 is 0 Å². The molecule has 38 heavy (non-hydrogen) atoms. The summed E-state index contributed by atoms with van der Waals surface area (Å²) in [6, 6.07) is 32.4. The maximum Gasteiger partial charge on any atom is 0.0963 e. The second kappa shape index (κ2) is 8.33. The first-order valence-electron chi connectivity index (χ1n) is 12.5. The van der Waals surface area contributed by atoms with Crippen LogP contribution in [0.4, 0.5) is 0 Å². The fraction of sp³-hybridized carbons (Fsp3) is 0. The van der Waals surface area contributed by atoms with Crippen molar-refractivity contribution in [2.24, 2.45) is 0 Å². The largest absolute Gasteiger partial charge is 0.308 e. The molecule has 178 valence electrons. The molecule has 0 aliphatic carbocycles. The van der Waals surface area contributed by atoms with E-state index in [1.54, 1.807) is 0 Å². The van der Waals surface area contributed by atoms with Gasteiger partial charge in [-0.3, -0.25) is 15.0 Å². The van der Waals surface area contributed by atoms with Crippen molar-refractivity contribution in [3.8, 4) is 27.9 Å². The molecule has 5 aromatic heterocycles. The maximum atomic E-state index is 4.85.